The van der Waals surface area contributed by atoms with Crippen molar-refractivity contribution in [3.8, 4) is 11.5 Å². The summed E-state index contributed by atoms with van der Waals surface area (Å²) in [6, 6.07) is 7.40. The van der Waals surface area contributed by atoms with Gasteiger partial charge in [-0.1, -0.05) is 23.7 Å². The van der Waals surface area contributed by atoms with Gasteiger partial charge in [0.15, 0.2) is 0 Å². The van der Waals surface area contributed by atoms with Gasteiger partial charge in [-0.25, -0.2) is 0 Å². The minimum atomic E-state index is 0.00658. The van der Waals surface area contributed by atoms with Gasteiger partial charge < -0.3 is 9.32 Å². The minimum Gasteiger partial charge on any atom is -0.419 e. The first-order chi connectivity index (χ1) is 12.1. The normalized spacial score (nSPS) is 17.7. The Balaban J connectivity index is 1.75. The summed E-state index contributed by atoms with van der Waals surface area (Å²) in [5.74, 6) is 3.93. The number of benzene rings is 1. The van der Waals surface area contributed by atoms with E-state index in [1.54, 1.807) is 17.8 Å². The van der Waals surface area contributed by atoms with E-state index in [4.69, 9.17) is 16.0 Å². The number of thioether (sulfide) groups is 2. The van der Waals surface area contributed by atoms with Crippen molar-refractivity contribution in [2.75, 3.05) is 17.3 Å². The van der Waals surface area contributed by atoms with E-state index in [1.165, 1.54) is 0 Å². The van der Waals surface area contributed by atoms with Crippen molar-refractivity contribution in [3.63, 3.8) is 0 Å². The van der Waals surface area contributed by atoms with E-state index in [2.05, 4.69) is 10.2 Å². The fraction of sp³-hybridized carbons (Fsp3) is 0.471. The van der Waals surface area contributed by atoms with Crippen LogP contribution < -0.4 is 0 Å². The summed E-state index contributed by atoms with van der Waals surface area (Å²) in [6.07, 6.45) is 0. The Morgan fingerprint density at radius 3 is 2.84 bits per heavy atom. The number of hydrogen-bond donors (Lipinski definition) is 0. The van der Waals surface area contributed by atoms with E-state index in [1.807, 2.05) is 48.7 Å². The Hall–Kier alpha value is -1.18. The summed E-state index contributed by atoms with van der Waals surface area (Å²) in [5.41, 5.74) is 0.699. The monoisotopic (exact) mass is 397 g/mol. The molecular formula is C17H20ClN3O2S2. The Bertz CT molecular complexity index is 732. The molecule has 0 N–H and O–H groups in total. The van der Waals surface area contributed by atoms with Gasteiger partial charge in [0.1, 0.15) is 0 Å². The van der Waals surface area contributed by atoms with Crippen LogP contribution in [0.1, 0.15) is 19.7 Å². The standard InChI is InChI=1S/C17H20ClN3O2S2/c1-11(2)21(17(22)14-10-24-7-8-25-14)9-15-19-20-16(23-15)12-5-3-4-6-13(12)18/h3-6,11,14H,7-10H2,1-2H3. The summed E-state index contributed by atoms with van der Waals surface area (Å²) >= 11 is 9.75. The SMILES string of the molecule is CC(C)N(Cc1nnc(-c2ccccc2Cl)o1)C(=O)C1CSCCS1. The minimum absolute atomic E-state index is 0.00658. The van der Waals surface area contributed by atoms with Crippen LogP contribution in [0.4, 0.5) is 0 Å². The lowest BCUT2D eigenvalue weighted by molar-refractivity contribution is -0.132. The third-order valence-electron chi connectivity index (χ3n) is 3.87. The van der Waals surface area contributed by atoms with Crippen LogP contribution in [0.2, 0.25) is 5.02 Å². The predicted molar refractivity (Wildman–Crippen MR) is 104 cm³/mol. The highest BCUT2D eigenvalue weighted by molar-refractivity contribution is 8.07. The number of hydrogen-bond acceptors (Lipinski definition) is 6. The molecule has 2 aromatic rings. The smallest absolute Gasteiger partial charge is 0.249 e. The lowest BCUT2D eigenvalue weighted by Gasteiger charge is -2.30. The first kappa shape index (κ1) is 18.6. The molecule has 1 unspecified atom stereocenters. The maximum atomic E-state index is 12.9. The molecule has 5 nitrogen and oxygen atoms in total. The third-order valence-corrected chi connectivity index (χ3v) is 6.95. The van der Waals surface area contributed by atoms with Crippen LogP contribution in [0.25, 0.3) is 11.5 Å². The summed E-state index contributed by atoms with van der Waals surface area (Å²) < 4.78 is 5.76. The molecular weight excluding hydrogens is 378 g/mol. The quantitative estimate of drug-likeness (QED) is 0.760. The molecule has 1 atom stereocenters. The maximum Gasteiger partial charge on any atom is 0.249 e. The number of aromatic nitrogens is 2. The van der Waals surface area contributed by atoms with Crippen molar-refractivity contribution < 1.29 is 9.21 Å². The average Bonchev–Trinajstić information content (AvgIpc) is 3.08. The van der Waals surface area contributed by atoms with Gasteiger partial charge in [-0.3, -0.25) is 4.79 Å². The van der Waals surface area contributed by atoms with E-state index < -0.39 is 0 Å². The highest BCUT2D eigenvalue weighted by atomic mass is 35.5. The largest absolute Gasteiger partial charge is 0.419 e. The van der Waals surface area contributed by atoms with Gasteiger partial charge in [-0.15, -0.1) is 22.0 Å². The maximum absolute atomic E-state index is 12.9. The molecule has 1 aliphatic heterocycles. The Morgan fingerprint density at radius 1 is 1.36 bits per heavy atom. The lowest BCUT2D eigenvalue weighted by Crippen LogP contribution is -2.43. The number of carbonyl (C=O) groups excluding carboxylic acids is 1. The van der Waals surface area contributed by atoms with Crippen molar-refractivity contribution >= 4 is 41.0 Å². The van der Waals surface area contributed by atoms with E-state index in [9.17, 15) is 4.79 Å². The zero-order valence-electron chi connectivity index (χ0n) is 14.1. The van der Waals surface area contributed by atoms with Gasteiger partial charge in [-0.2, -0.15) is 11.8 Å². The molecule has 8 heteroatoms. The molecule has 25 heavy (non-hydrogen) atoms. The highest BCUT2D eigenvalue weighted by Crippen LogP contribution is 2.28. The first-order valence-electron chi connectivity index (χ1n) is 8.13. The van der Waals surface area contributed by atoms with Crippen LogP contribution >= 0.6 is 35.1 Å². The zero-order valence-corrected chi connectivity index (χ0v) is 16.5. The molecule has 1 aromatic heterocycles. The molecule has 134 valence electrons. The number of halogens is 1. The van der Waals surface area contributed by atoms with Gasteiger partial charge >= 0.3 is 0 Å². The number of carbonyl (C=O) groups is 1. The fourth-order valence-corrected chi connectivity index (χ4v) is 5.37. The second-order valence-corrected chi connectivity index (χ2v) is 8.84. The van der Waals surface area contributed by atoms with Crippen LogP contribution in [0, 0.1) is 0 Å². The van der Waals surface area contributed by atoms with Gasteiger partial charge in [0.25, 0.3) is 0 Å². The number of rotatable bonds is 5. The van der Waals surface area contributed by atoms with Crippen LogP contribution in [0.15, 0.2) is 28.7 Å². The third kappa shape index (κ3) is 4.51. The molecule has 2 heterocycles. The Morgan fingerprint density at radius 2 is 2.16 bits per heavy atom. The molecule has 1 aromatic carbocycles. The van der Waals surface area contributed by atoms with E-state index in [0.29, 0.717) is 28.9 Å². The molecule has 1 amide bonds. The van der Waals surface area contributed by atoms with Crippen LogP contribution in [-0.2, 0) is 11.3 Å². The number of nitrogens with zero attached hydrogens (tertiary/aromatic N) is 3. The molecule has 0 radical (unpaired) electrons. The van der Waals surface area contributed by atoms with Crippen molar-refractivity contribution in [2.24, 2.45) is 0 Å². The molecule has 1 fully saturated rings. The van der Waals surface area contributed by atoms with Gasteiger partial charge in [0.2, 0.25) is 17.7 Å². The van der Waals surface area contributed by atoms with Crippen LogP contribution in [0.3, 0.4) is 0 Å². The van der Waals surface area contributed by atoms with Crippen molar-refractivity contribution in [1.29, 1.82) is 0 Å². The summed E-state index contributed by atoms with van der Waals surface area (Å²) in [5, 5.41) is 8.75. The highest BCUT2D eigenvalue weighted by Gasteiger charge is 2.29. The van der Waals surface area contributed by atoms with Gasteiger partial charge in [0, 0.05) is 23.3 Å². The summed E-state index contributed by atoms with van der Waals surface area (Å²) in [7, 11) is 0. The van der Waals surface area contributed by atoms with Gasteiger partial charge in [-0.05, 0) is 26.0 Å². The Labute approximate surface area is 160 Å². The van der Waals surface area contributed by atoms with Gasteiger partial charge in [0.05, 0.1) is 22.4 Å². The van der Waals surface area contributed by atoms with E-state index in [0.717, 1.165) is 17.3 Å². The topological polar surface area (TPSA) is 59.2 Å². The van der Waals surface area contributed by atoms with E-state index >= 15 is 0 Å². The lowest BCUT2D eigenvalue weighted by atomic mass is 10.2. The first-order valence-corrected chi connectivity index (χ1v) is 10.7. The van der Waals surface area contributed by atoms with Crippen molar-refractivity contribution in [1.82, 2.24) is 15.1 Å². The number of amides is 1. The van der Waals surface area contributed by atoms with Crippen LogP contribution in [-0.4, -0.2) is 49.6 Å². The molecule has 0 aliphatic carbocycles. The molecule has 0 saturated carbocycles. The zero-order chi connectivity index (χ0) is 17.8. The molecule has 1 aliphatic rings. The van der Waals surface area contributed by atoms with E-state index in [-0.39, 0.29) is 17.2 Å². The summed E-state index contributed by atoms with van der Waals surface area (Å²) in [6.45, 7) is 4.32. The molecule has 3 rings (SSSR count). The van der Waals surface area contributed by atoms with Crippen molar-refractivity contribution in [2.45, 2.75) is 31.7 Å². The van der Waals surface area contributed by atoms with Crippen molar-refractivity contribution in [3.05, 3.63) is 35.2 Å². The predicted octanol–water partition coefficient (Wildman–Crippen LogP) is 3.98. The summed E-state index contributed by atoms with van der Waals surface area (Å²) in [4.78, 5) is 14.7. The second-order valence-electron chi connectivity index (χ2n) is 5.98. The fourth-order valence-electron chi connectivity index (χ4n) is 2.54. The Kier molecular flexibility index (Phi) is 6.30. The molecule has 1 saturated heterocycles. The van der Waals surface area contributed by atoms with Crippen LogP contribution in [0.5, 0.6) is 0 Å². The molecule has 0 bridgehead atoms. The second kappa shape index (κ2) is 8.47. The average molecular weight is 398 g/mol. The molecule has 0 spiro atoms.